The van der Waals surface area contributed by atoms with Crippen molar-refractivity contribution < 1.29 is 4.79 Å². The minimum Gasteiger partial charge on any atom is -0.349 e. The van der Waals surface area contributed by atoms with E-state index in [0.717, 1.165) is 16.8 Å². The van der Waals surface area contributed by atoms with Gasteiger partial charge in [-0.2, -0.15) is 0 Å². The van der Waals surface area contributed by atoms with Gasteiger partial charge in [-0.05, 0) is 50.6 Å². The number of amides is 1. The highest BCUT2D eigenvalue weighted by atomic mass is 16.1. The third kappa shape index (κ3) is 5.28. The number of aromatic nitrogens is 4. The maximum Gasteiger partial charge on any atom is 0.224 e. The van der Waals surface area contributed by atoms with E-state index in [2.05, 4.69) is 79.7 Å². The third-order valence-electron chi connectivity index (χ3n) is 5.03. The fourth-order valence-electron chi connectivity index (χ4n) is 3.28. The van der Waals surface area contributed by atoms with Crippen LogP contribution in [0.4, 0.5) is 0 Å². The van der Waals surface area contributed by atoms with Crippen LogP contribution < -0.4 is 5.32 Å². The highest BCUT2D eigenvalue weighted by molar-refractivity contribution is 5.79. The third-order valence-corrected chi connectivity index (χ3v) is 5.03. The molecule has 0 radical (unpaired) electrons. The first-order chi connectivity index (χ1) is 13.7. The van der Waals surface area contributed by atoms with E-state index in [1.165, 1.54) is 5.56 Å². The molecule has 1 amide bonds. The Bertz CT molecular complexity index is 923. The summed E-state index contributed by atoms with van der Waals surface area (Å²) in [5.41, 5.74) is 4.35. The molecule has 152 valence electrons. The molecule has 0 aliphatic heterocycles. The van der Waals surface area contributed by atoms with Crippen LogP contribution >= 0.6 is 0 Å². The maximum absolute atomic E-state index is 12.7. The molecule has 0 fully saturated rings. The van der Waals surface area contributed by atoms with Crippen molar-refractivity contribution in [1.82, 2.24) is 25.5 Å². The van der Waals surface area contributed by atoms with Crippen LogP contribution in [-0.2, 0) is 16.6 Å². The van der Waals surface area contributed by atoms with E-state index in [9.17, 15) is 4.79 Å². The smallest absolute Gasteiger partial charge is 0.224 e. The quantitative estimate of drug-likeness (QED) is 0.689. The average molecular weight is 392 g/mol. The molecule has 3 aromatic rings. The van der Waals surface area contributed by atoms with Gasteiger partial charge in [-0.25, -0.2) is 4.68 Å². The molecule has 6 nitrogen and oxygen atoms in total. The SMILES string of the molecule is CC(C)[C@@H](NC(=O)Cc1ccc(-n2cnnn2)cc1)c1ccc(C(C)(C)C)cc1. The van der Waals surface area contributed by atoms with Crippen molar-refractivity contribution in [1.29, 1.82) is 0 Å². The second kappa shape index (κ2) is 8.55. The summed E-state index contributed by atoms with van der Waals surface area (Å²) in [6.07, 6.45) is 1.87. The second-order valence-electron chi connectivity index (χ2n) is 8.76. The standard InChI is InChI=1S/C23H29N5O/c1-16(2)22(18-8-10-19(11-9-18)23(3,4)5)25-21(29)14-17-6-12-20(13-7-17)28-15-24-26-27-28/h6-13,15-16,22H,14H2,1-5H3,(H,25,29)/t22-/m1/s1. The van der Waals surface area contributed by atoms with E-state index >= 15 is 0 Å². The molecule has 0 bridgehead atoms. The number of tetrazole rings is 1. The Morgan fingerprint density at radius 2 is 1.69 bits per heavy atom. The van der Waals surface area contributed by atoms with E-state index in [4.69, 9.17) is 0 Å². The Morgan fingerprint density at radius 3 is 2.21 bits per heavy atom. The summed E-state index contributed by atoms with van der Waals surface area (Å²) in [5.74, 6) is 0.306. The van der Waals surface area contributed by atoms with Crippen molar-refractivity contribution >= 4 is 5.91 Å². The normalized spacial score (nSPS) is 12.8. The summed E-state index contributed by atoms with van der Waals surface area (Å²) in [4.78, 5) is 12.7. The molecule has 0 saturated heterocycles. The minimum atomic E-state index is -0.0167. The Kier molecular flexibility index (Phi) is 6.11. The first kappa shape index (κ1) is 20.7. The van der Waals surface area contributed by atoms with Crippen LogP contribution in [0.1, 0.15) is 57.4 Å². The number of nitrogens with one attached hydrogen (secondary N) is 1. The van der Waals surface area contributed by atoms with Crippen molar-refractivity contribution in [2.75, 3.05) is 0 Å². The Hall–Kier alpha value is -3.02. The molecule has 0 aliphatic rings. The zero-order valence-corrected chi connectivity index (χ0v) is 17.8. The molecule has 1 atom stereocenters. The maximum atomic E-state index is 12.7. The zero-order valence-electron chi connectivity index (χ0n) is 17.8. The van der Waals surface area contributed by atoms with Gasteiger partial charge in [0.05, 0.1) is 18.2 Å². The summed E-state index contributed by atoms with van der Waals surface area (Å²) in [7, 11) is 0. The summed E-state index contributed by atoms with van der Waals surface area (Å²) >= 11 is 0. The van der Waals surface area contributed by atoms with Gasteiger partial charge in [0.25, 0.3) is 0 Å². The lowest BCUT2D eigenvalue weighted by Crippen LogP contribution is -2.32. The predicted octanol–water partition coefficient (Wildman–Crippen LogP) is 4.02. The fourth-order valence-corrected chi connectivity index (χ4v) is 3.28. The van der Waals surface area contributed by atoms with Gasteiger partial charge in [0.1, 0.15) is 6.33 Å². The summed E-state index contributed by atoms with van der Waals surface area (Å²) in [6, 6.07) is 16.2. The number of nitrogens with zero attached hydrogens (tertiary/aromatic N) is 4. The van der Waals surface area contributed by atoms with E-state index in [0.29, 0.717) is 12.3 Å². The van der Waals surface area contributed by atoms with Crippen LogP contribution in [0.2, 0.25) is 0 Å². The molecule has 1 N–H and O–H groups in total. The van der Waals surface area contributed by atoms with Crippen molar-refractivity contribution in [3.05, 3.63) is 71.5 Å². The lowest BCUT2D eigenvalue weighted by atomic mass is 9.85. The number of carbonyl (C=O) groups is 1. The van der Waals surface area contributed by atoms with Crippen LogP contribution in [0.3, 0.4) is 0 Å². The highest BCUT2D eigenvalue weighted by Gasteiger charge is 2.20. The Balaban J connectivity index is 1.67. The fraction of sp³-hybridized carbons (Fsp3) is 0.391. The molecule has 6 heteroatoms. The van der Waals surface area contributed by atoms with Gasteiger partial charge in [-0.3, -0.25) is 4.79 Å². The van der Waals surface area contributed by atoms with Crippen molar-refractivity contribution in [3.8, 4) is 5.69 Å². The lowest BCUT2D eigenvalue weighted by molar-refractivity contribution is -0.121. The van der Waals surface area contributed by atoms with Crippen LogP contribution in [0.15, 0.2) is 54.9 Å². The van der Waals surface area contributed by atoms with E-state index < -0.39 is 0 Å². The summed E-state index contributed by atoms with van der Waals surface area (Å²) < 4.78 is 1.58. The van der Waals surface area contributed by atoms with Crippen molar-refractivity contribution in [2.24, 2.45) is 5.92 Å². The summed E-state index contributed by atoms with van der Waals surface area (Å²) in [5, 5.41) is 14.3. The largest absolute Gasteiger partial charge is 0.349 e. The molecule has 0 saturated carbocycles. The number of benzene rings is 2. The van der Waals surface area contributed by atoms with Gasteiger partial charge < -0.3 is 5.32 Å². The second-order valence-corrected chi connectivity index (χ2v) is 8.76. The Morgan fingerprint density at radius 1 is 1.03 bits per heavy atom. The molecule has 0 spiro atoms. The predicted molar refractivity (Wildman–Crippen MR) is 114 cm³/mol. The van der Waals surface area contributed by atoms with Crippen LogP contribution in [-0.4, -0.2) is 26.1 Å². The van der Waals surface area contributed by atoms with Crippen LogP contribution in [0, 0.1) is 5.92 Å². The van der Waals surface area contributed by atoms with Gasteiger partial charge >= 0.3 is 0 Å². The van der Waals surface area contributed by atoms with Gasteiger partial charge in [-0.15, -0.1) is 5.10 Å². The van der Waals surface area contributed by atoms with E-state index in [-0.39, 0.29) is 17.4 Å². The summed E-state index contributed by atoms with van der Waals surface area (Å²) in [6.45, 7) is 10.9. The van der Waals surface area contributed by atoms with Crippen LogP contribution in [0.25, 0.3) is 5.69 Å². The monoisotopic (exact) mass is 391 g/mol. The molecule has 1 aromatic heterocycles. The number of carbonyl (C=O) groups excluding carboxylic acids is 1. The number of hydrogen-bond donors (Lipinski definition) is 1. The molecule has 0 aliphatic carbocycles. The van der Waals surface area contributed by atoms with Crippen molar-refractivity contribution in [2.45, 2.75) is 52.5 Å². The van der Waals surface area contributed by atoms with E-state index in [1.807, 2.05) is 24.3 Å². The van der Waals surface area contributed by atoms with Crippen molar-refractivity contribution in [3.63, 3.8) is 0 Å². The molecular formula is C23H29N5O. The lowest BCUT2D eigenvalue weighted by Gasteiger charge is -2.25. The molecule has 3 rings (SSSR count). The topological polar surface area (TPSA) is 72.7 Å². The van der Waals surface area contributed by atoms with Gasteiger partial charge in [0, 0.05) is 0 Å². The first-order valence-corrected chi connectivity index (χ1v) is 9.96. The zero-order chi connectivity index (χ0) is 21.0. The van der Waals surface area contributed by atoms with Crippen LogP contribution in [0.5, 0.6) is 0 Å². The number of rotatable bonds is 6. The van der Waals surface area contributed by atoms with Gasteiger partial charge in [-0.1, -0.05) is 71.0 Å². The molecule has 1 heterocycles. The van der Waals surface area contributed by atoms with Gasteiger partial charge in [0.15, 0.2) is 0 Å². The first-order valence-electron chi connectivity index (χ1n) is 9.96. The Labute approximate surface area is 172 Å². The molecule has 2 aromatic carbocycles. The number of hydrogen-bond acceptors (Lipinski definition) is 4. The minimum absolute atomic E-state index is 0.0128. The molecule has 0 unspecified atom stereocenters. The molecule has 29 heavy (non-hydrogen) atoms. The molecular weight excluding hydrogens is 362 g/mol. The van der Waals surface area contributed by atoms with Gasteiger partial charge in [0.2, 0.25) is 5.91 Å². The highest BCUT2D eigenvalue weighted by Crippen LogP contribution is 2.27. The average Bonchev–Trinajstić information content (AvgIpc) is 3.21. The van der Waals surface area contributed by atoms with E-state index in [1.54, 1.807) is 11.0 Å².